The van der Waals surface area contributed by atoms with Gasteiger partial charge in [-0.2, -0.15) is 5.26 Å². The fourth-order valence-corrected chi connectivity index (χ4v) is 7.93. The van der Waals surface area contributed by atoms with Gasteiger partial charge in [-0.3, -0.25) is 9.59 Å². The van der Waals surface area contributed by atoms with Crippen LogP contribution in [0.5, 0.6) is 0 Å². The van der Waals surface area contributed by atoms with Crippen LogP contribution in [0.25, 0.3) is 0 Å². The lowest BCUT2D eigenvalue weighted by atomic mass is 9.72. The minimum absolute atomic E-state index is 0.0231. The van der Waals surface area contributed by atoms with E-state index in [1.54, 1.807) is 24.3 Å². The molecule has 2 aromatic rings. The van der Waals surface area contributed by atoms with Gasteiger partial charge in [-0.25, -0.2) is 8.42 Å². The van der Waals surface area contributed by atoms with Gasteiger partial charge in [-0.1, -0.05) is 47.5 Å². The van der Waals surface area contributed by atoms with Gasteiger partial charge in [0.15, 0.2) is 9.84 Å². The minimum Gasteiger partial charge on any atom is -0.336 e. The number of nitrogens with zero attached hydrogens (tertiary/aromatic N) is 2. The Morgan fingerprint density at radius 2 is 1.68 bits per heavy atom. The molecule has 0 spiro atoms. The van der Waals surface area contributed by atoms with Crippen molar-refractivity contribution in [1.29, 1.82) is 5.26 Å². The van der Waals surface area contributed by atoms with Crippen molar-refractivity contribution in [2.24, 2.45) is 0 Å². The van der Waals surface area contributed by atoms with Crippen molar-refractivity contribution in [3.8, 4) is 6.07 Å². The zero-order valence-electron chi connectivity index (χ0n) is 20.6. The standard InChI is InChI=1S/C27H28Cl2N4O4S/c28-19-7-5-18(6-8-19)27(11-13-31-14-12-27)25(35)33-16-20(38(36,37)23-4-2-1-3-21(23)29)15-22(33)24(34)32-26(17-30)9-10-26/h1-8,20,22,31H,9-16H2,(H,32,34)/t20-,22+/m1/s1. The molecule has 2 N–H and O–H groups in total. The number of piperidine rings is 1. The molecule has 5 rings (SSSR count). The molecule has 200 valence electrons. The first kappa shape index (κ1) is 26.9. The maximum atomic E-state index is 14.4. The number of halogens is 2. The summed E-state index contributed by atoms with van der Waals surface area (Å²) in [4.78, 5) is 29.4. The molecule has 0 unspecified atom stereocenters. The molecule has 2 amide bonds. The predicted molar refractivity (Wildman–Crippen MR) is 143 cm³/mol. The maximum Gasteiger partial charge on any atom is 0.244 e. The van der Waals surface area contributed by atoms with Crippen molar-refractivity contribution in [3.63, 3.8) is 0 Å². The van der Waals surface area contributed by atoms with Crippen molar-refractivity contribution < 1.29 is 18.0 Å². The number of nitrogens with one attached hydrogen (secondary N) is 2. The van der Waals surface area contributed by atoms with E-state index in [1.165, 1.54) is 17.0 Å². The first-order chi connectivity index (χ1) is 18.1. The highest BCUT2D eigenvalue weighted by molar-refractivity contribution is 7.92. The smallest absolute Gasteiger partial charge is 0.244 e. The molecule has 0 aromatic heterocycles. The molecule has 2 aliphatic heterocycles. The normalized spacial score (nSPS) is 23.9. The number of sulfone groups is 1. The molecule has 8 nitrogen and oxygen atoms in total. The summed E-state index contributed by atoms with van der Waals surface area (Å²) in [7, 11) is -3.96. The molecule has 11 heteroatoms. The lowest BCUT2D eigenvalue weighted by Crippen LogP contribution is -2.56. The average Bonchev–Trinajstić information content (AvgIpc) is 3.54. The van der Waals surface area contributed by atoms with Gasteiger partial charge >= 0.3 is 0 Å². The largest absolute Gasteiger partial charge is 0.336 e. The zero-order chi connectivity index (χ0) is 27.1. The second-order valence-electron chi connectivity index (χ2n) is 10.3. The van der Waals surface area contributed by atoms with Crippen molar-refractivity contribution in [2.45, 2.75) is 59.2 Å². The summed E-state index contributed by atoms with van der Waals surface area (Å²) in [6.07, 6.45) is 1.95. The molecule has 1 saturated carbocycles. The van der Waals surface area contributed by atoms with Crippen LogP contribution in [0.2, 0.25) is 10.0 Å². The third kappa shape index (κ3) is 4.79. The molecular weight excluding hydrogens is 547 g/mol. The van der Waals surface area contributed by atoms with E-state index in [0.29, 0.717) is 43.8 Å². The average molecular weight is 576 g/mol. The van der Waals surface area contributed by atoms with Crippen LogP contribution >= 0.6 is 23.2 Å². The Morgan fingerprint density at radius 3 is 2.29 bits per heavy atom. The van der Waals surface area contributed by atoms with E-state index in [9.17, 15) is 23.3 Å². The van der Waals surface area contributed by atoms with Gasteiger partial charge < -0.3 is 15.5 Å². The van der Waals surface area contributed by atoms with Gasteiger partial charge in [0.05, 0.1) is 26.7 Å². The highest BCUT2D eigenvalue weighted by atomic mass is 35.5. The van der Waals surface area contributed by atoms with Gasteiger partial charge in [-0.15, -0.1) is 0 Å². The van der Waals surface area contributed by atoms with Crippen LogP contribution in [-0.4, -0.2) is 61.6 Å². The molecule has 0 bridgehead atoms. The second-order valence-corrected chi connectivity index (χ2v) is 13.4. The number of hydrogen-bond donors (Lipinski definition) is 2. The second kappa shape index (κ2) is 10.2. The number of benzene rings is 2. The molecule has 3 fully saturated rings. The van der Waals surface area contributed by atoms with Gasteiger partial charge in [0, 0.05) is 11.6 Å². The number of amides is 2. The molecule has 2 heterocycles. The summed E-state index contributed by atoms with van der Waals surface area (Å²) in [6, 6.07) is 14.4. The Balaban J connectivity index is 1.53. The van der Waals surface area contributed by atoms with Crippen molar-refractivity contribution in [1.82, 2.24) is 15.5 Å². The summed E-state index contributed by atoms with van der Waals surface area (Å²) >= 11 is 12.4. The van der Waals surface area contributed by atoms with Crippen LogP contribution in [0, 0.1) is 11.3 Å². The van der Waals surface area contributed by atoms with Crippen LogP contribution in [0.3, 0.4) is 0 Å². The van der Waals surface area contributed by atoms with Gasteiger partial charge in [0.25, 0.3) is 0 Å². The summed E-state index contributed by atoms with van der Waals surface area (Å²) in [5.74, 6) is -0.797. The van der Waals surface area contributed by atoms with Crippen LogP contribution in [-0.2, 0) is 24.8 Å². The molecule has 2 aromatic carbocycles. The van der Waals surface area contributed by atoms with E-state index in [-0.39, 0.29) is 28.8 Å². The van der Waals surface area contributed by atoms with Crippen LogP contribution in [0.15, 0.2) is 53.4 Å². The van der Waals surface area contributed by atoms with Crippen LogP contribution in [0.4, 0.5) is 0 Å². The molecule has 3 aliphatic rings. The SMILES string of the molecule is N#CC1(NC(=O)[C@@H]2C[C@@H](S(=O)(=O)c3ccccc3Cl)CN2C(=O)C2(c3ccc(Cl)cc3)CCNCC2)CC1. The van der Waals surface area contributed by atoms with E-state index < -0.39 is 38.0 Å². The van der Waals surface area contributed by atoms with Gasteiger partial charge in [0.2, 0.25) is 11.8 Å². The molecule has 0 radical (unpaired) electrons. The maximum absolute atomic E-state index is 14.4. The number of carbonyl (C=O) groups is 2. The summed E-state index contributed by atoms with van der Waals surface area (Å²) < 4.78 is 27.4. The fraction of sp³-hybridized carbons (Fsp3) is 0.444. The van der Waals surface area contributed by atoms with Crippen molar-refractivity contribution >= 4 is 44.9 Å². The van der Waals surface area contributed by atoms with Gasteiger partial charge in [0.1, 0.15) is 11.6 Å². The molecular formula is C27H28Cl2N4O4S. The Hall–Kier alpha value is -2.64. The Morgan fingerprint density at radius 1 is 1.03 bits per heavy atom. The first-order valence-electron chi connectivity index (χ1n) is 12.6. The number of rotatable bonds is 6. The number of carbonyl (C=O) groups excluding carboxylic acids is 2. The van der Waals surface area contributed by atoms with E-state index >= 15 is 0 Å². The highest BCUT2D eigenvalue weighted by Crippen LogP contribution is 2.41. The monoisotopic (exact) mass is 574 g/mol. The first-order valence-corrected chi connectivity index (χ1v) is 14.9. The predicted octanol–water partition coefficient (Wildman–Crippen LogP) is 3.23. The third-order valence-electron chi connectivity index (χ3n) is 8.00. The lowest BCUT2D eigenvalue weighted by molar-refractivity contribution is -0.144. The van der Waals surface area contributed by atoms with E-state index in [2.05, 4.69) is 16.7 Å². The highest BCUT2D eigenvalue weighted by Gasteiger charge is 2.54. The molecule has 2 saturated heterocycles. The fourth-order valence-electron chi connectivity index (χ4n) is 5.58. The van der Waals surface area contributed by atoms with Crippen molar-refractivity contribution in [3.05, 3.63) is 64.1 Å². The van der Waals surface area contributed by atoms with Crippen LogP contribution < -0.4 is 10.6 Å². The lowest BCUT2D eigenvalue weighted by Gasteiger charge is -2.41. The van der Waals surface area contributed by atoms with Gasteiger partial charge in [-0.05, 0) is 75.0 Å². The Kier molecular flexibility index (Phi) is 7.20. The van der Waals surface area contributed by atoms with Crippen LogP contribution in [0.1, 0.15) is 37.7 Å². The number of nitriles is 1. The number of likely N-dealkylation sites (tertiary alicyclic amines) is 1. The Bertz CT molecular complexity index is 1400. The summed E-state index contributed by atoms with van der Waals surface area (Å²) in [5, 5.41) is 15.2. The molecule has 2 atom stereocenters. The van der Waals surface area contributed by atoms with Crippen molar-refractivity contribution in [2.75, 3.05) is 19.6 Å². The number of hydrogen-bond acceptors (Lipinski definition) is 6. The Labute approximate surface area is 232 Å². The minimum atomic E-state index is -3.96. The quantitative estimate of drug-likeness (QED) is 0.546. The third-order valence-corrected chi connectivity index (χ3v) is 10.9. The topological polar surface area (TPSA) is 119 Å². The molecule has 38 heavy (non-hydrogen) atoms. The summed E-state index contributed by atoms with van der Waals surface area (Å²) in [5.41, 5.74) is -1.11. The van der Waals surface area contributed by atoms with E-state index in [0.717, 1.165) is 5.56 Å². The molecule has 1 aliphatic carbocycles. The van der Waals surface area contributed by atoms with E-state index in [4.69, 9.17) is 23.2 Å². The zero-order valence-corrected chi connectivity index (χ0v) is 23.0. The van der Waals surface area contributed by atoms with E-state index in [1.807, 2.05) is 12.1 Å². The summed E-state index contributed by atoms with van der Waals surface area (Å²) in [6.45, 7) is 1.04.